The van der Waals surface area contributed by atoms with Crippen LogP contribution in [0.3, 0.4) is 0 Å². The van der Waals surface area contributed by atoms with Crippen molar-refractivity contribution in [2.45, 2.75) is 19.0 Å². The van der Waals surface area contributed by atoms with E-state index < -0.39 is 47.6 Å². The van der Waals surface area contributed by atoms with Crippen molar-refractivity contribution in [3.63, 3.8) is 0 Å². The number of pyridine rings is 1. The fourth-order valence-corrected chi connectivity index (χ4v) is 1.31. The zero-order valence-electron chi connectivity index (χ0n) is 9.34. The highest BCUT2D eigenvalue weighted by atomic mass is 19.4. The third-order valence-corrected chi connectivity index (χ3v) is 1.98. The second-order valence-electron chi connectivity index (χ2n) is 3.49. The van der Waals surface area contributed by atoms with Crippen molar-refractivity contribution in [1.82, 2.24) is 4.98 Å². The molecule has 0 aliphatic heterocycles. The van der Waals surface area contributed by atoms with Crippen LogP contribution in [0.1, 0.15) is 11.3 Å². The minimum atomic E-state index is -5.46. The average Bonchev–Trinajstić information content (AvgIpc) is 2.19. The molecule has 0 fully saturated rings. The number of carbonyl (C=O) groups is 1. The first-order valence-electron chi connectivity index (χ1n) is 4.74. The van der Waals surface area contributed by atoms with Gasteiger partial charge in [-0.05, 0) is 0 Å². The molecule has 1 heterocycles. The summed E-state index contributed by atoms with van der Waals surface area (Å²) in [4.78, 5) is 13.2. The number of alkyl halides is 6. The first-order valence-corrected chi connectivity index (χ1v) is 4.74. The number of hydrogen-bond donors (Lipinski definition) is 2. The summed E-state index contributed by atoms with van der Waals surface area (Å²) in [6.45, 7) is 0. The van der Waals surface area contributed by atoms with Crippen LogP contribution in [0, 0.1) is 0 Å². The van der Waals surface area contributed by atoms with Crippen molar-refractivity contribution in [2.24, 2.45) is 0 Å². The average molecular weight is 304 g/mol. The lowest BCUT2D eigenvalue weighted by atomic mass is 10.1. The van der Waals surface area contributed by atoms with Crippen molar-refractivity contribution < 1.29 is 41.0 Å². The van der Waals surface area contributed by atoms with Crippen LogP contribution in [0.5, 0.6) is 5.75 Å². The third-order valence-electron chi connectivity index (χ3n) is 1.98. The van der Waals surface area contributed by atoms with E-state index in [9.17, 15) is 31.1 Å². The molecule has 0 amide bonds. The van der Waals surface area contributed by atoms with Gasteiger partial charge in [-0.2, -0.15) is 13.2 Å². The van der Waals surface area contributed by atoms with Crippen LogP contribution < -0.4 is 10.5 Å². The number of aliphatic carboxylic acids is 1. The number of nitrogen functional groups attached to an aromatic ring is 1. The predicted octanol–water partition coefficient (Wildman–Crippen LogP) is 2.21. The molecular formula is C9H6F6N2O3. The molecule has 0 spiro atoms. The number of nitrogens with two attached hydrogens (primary N) is 1. The summed E-state index contributed by atoms with van der Waals surface area (Å²) in [6, 6.07) is 0. The van der Waals surface area contributed by atoms with Gasteiger partial charge in [0.2, 0.25) is 0 Å². The van der Waals surface area contributed by atoms with Gasteiger partial charge in [-0.15, -0.1) is 13.2 Å². The fraction of sp³-hybridized carbons (Fsp3) is 0.333. The molecule has 0 aliphatic carbocycles. The summed E-state index contributed by atoms with van der Waals surface area (Å²) in [5.74, 6) is -3.43. The molecule has 1 aromatic rings. The van der Waals surface area contributed by atoms with Crippen LogP contribution in [0.4, 0.5) is 32.0 Å². The molecule has 11 heteroatoms. The van der Waals surface area contributed by atoms with Crippen molar-refractivity contribution in [1.29, 1.82) is 0 Å². The van der Waals surface area contributed by atoms with E-state index in [0.29, 0.717) is 6.20 Å². The van der Waals surface area contributed by atoms with Crippen LogP contribution >= 0.6 is 0 Å². The minimum Gasteiger partial charge on any atom is -0.481 e. The first kappa shape index (κ1) is 15.9. The highest BCUT2D eigenvalue weighted by molar-refractivity contribution is 5.75. The summed E-state index contributed by atoms with van der Waals surface area (Å²) in [5, 5.41) is 8.51. The van der Waals surface area contributed by atoms with Gasteiger partial charge in [0, 0.05) is 5.56 Å². The molecule has 20 heavy (non-hydrogen) atoms. The van der Waals surface area contributed by atoms with E-state index in [1.807, 2.05) is 0 Å². The van der Waals surface area contributed by atoms with E-state index in [-0.39, 0.29) is 0 Å². The Labute approximate surface area is 107 Å². The van der Waals surface area contributed by atoms with Crippen LogP contribution in [-0.2, 0) is 17.4 Å². The van der Waals surface area contributed by atoms with Crippen LogP contribution in [0.25, 0.3) is 0 Å². The zero-order valence-corrected chi connectivity index (χ0v) is 9.34. The number of hydrogen-bond acceptors (Lipinski definition) is 4. The normalized spacial score (nSPS) is 12.3. The Bertz CT molecular complexity index is 526. The maximum absolute atomic E-state index is 12.6. The van der Waals surface area contributed by atoms with E-state index >= 15 is 0 Å². The summed E-state index contributed by atoms with van der Waals surface area (Å²) in [7, 11) is 0. The molecule has 0 aliphatic rings. The smallest absolute Gasteiger partial charge is 0.481 e. The van der Waals surface area contributed by atoms with Crippen LogP contribution in [-0.4, -0.2) is 22.4 Å². The second-order valence-corrected chi connectivity index (χ2v) is 3.49. The first-order chi connectivity index (χ1) is 8.92. The van der Waals surface area contributed by atoms with Crippen molar-refractivity contribution in [3.05, 3.63) is 17.5 Å². The van der Waals surface area contributed by atoms with Gasteiger partial charge in [0.25, 0.3) is 0 Å². The highest BCUT2D eigenvalue weighted by Gasteiger charge is 2.42. The Morgan fingerprint density at radius 1 is 1.30 bits per heavy atom. The lowest BCUT2D eigenvalue weighted by molar-refractivity contribution is -0.276. The van der Waals surface area contributed by atoms with Gasteiger partial charge < -0.3 is 15.6 Å². The van der Waals surface area contributed by atoms with Gasteiger partial charge in [0.15, 0.2) is 11.4 Å². The Balaban J connectivity index is 3.51. The monoisotopic (exact) mass is 304 g/mol. The van der Waals surface area contributed by atoms with Gasteiger partial charge in [0.1, 0.15) is 0 Å². The standard InChI is InChI=1S/C9H6F6N2O3/c10-8(11,12)7-6(20-9(13,14)15)3(1-5(18)19)4(16)2-17-7/h2H,1,16H2,(H,18,19). The number of carboxylic acids is 1. The second kappa shape index (κ2) is 5.06. The van der Waals surface area contributed by atoms with E-state index in [0.717, 1.165) is 0 Å². The largest absolute Gasteiger partial charge is 0.573 e. The van der Waals surface area contributed by atoms with E-state index in [1.165, 1.54) is 0 Å². The molecule has 5 nitrogen and oxygen atoms in total. The number of anilines is 1. The maximum atomic E-state index is 12.6. The lowest BCUT2D eigenvalue weighted by Crippen LogP contribution is -2.23. The Morgan fingerprint density at radius 3 is 2.25 bits per heavy atom. The molecule has 112 valence electrons. The number of carboxylic acid groups (broad SMARTS) is 1. The quantitative estimate of drug-likeness (QED) is 0.836. The molecule has 1 rings (SSSR count). The van der Waals surface area contributed by atoms with E-state index in [1.54, 1.807) is 0 Å². The molecule has 0 saturated heterocycles. The SMILES string of the molecule is Nc1cnc(C(F)(F)F)c(OC(F)(F)F)c1CC(=O)O. The summed E-state index contributed by atoms with van der Waals surface area (Å²) in [5.41, 5.74) is 1.56. The topological polar surface area (TPSA) is 85.4 Å². The van der Waals surface area contributed by atoms with Gasteiger partial charge in [-0.1, -0.05) is 0 Å². The molecule has 1 aromatic heterocycles. The van der Waals surface area contributed by atoms with Gasteiger partial charge in [0.05, 0.1) is 18.3 Å². The molecule has 0 aromatic carbocycles. The van der Waals surface area contributed by atoms with Gasteiger partial charge in [-0.25, -0.2) is 4.98 Å². The van der Waals surface area contributed by atoms with Gasteiger partial charge >= 0.3 is 18.5 Å². The lowest BCUT2D eigenvalue weighted by Gasteiger charge is -2.18. The van der Waals surface area contributed by atoms with Crippen molar-refractivity contribution in [2.75, 3.05) is 5.73 Å². The Hall–Kier alpha value is -2.20. The maximum Gasteiger partial charge on any atom is 0.573 e. The van der Waals surface area contributed by atoms with Crippen molar-refractivity contribution in [3.8, 4) is 5.75 Å². The van der Waals surface area contributed by atoms with Gasteiger partial charge in [-0.3, -0.25) is 4.79 Å². The number of rotatable bonds is 3. The summed E-state index contributed by atoms with van der Waals surface area (Å²) < 4.78 is 77.4. The molecule has 0 atom stereocenters. The van der Waals surface area contributed by atoms with Crippen LogP contribution in [0.15, 0.2) is 6.20 Å². The third kappa shape index (κ3) is 3.90. The number of ether oxygens (including phenoxy) is 1. The van der Waals surface area contributed by atoms with Crippen LogP contribution in [0.2, 0.25) is 0 Å². The fourth-order valence-electron chi connectivity index (χ4n) is 1.31. The number of aromatic nitrogens is 1. The zero-order chi connectivity index (χ0) is 15.7. The Kier molecular flexibility index (Phi) is 4.01. The predicted molar refractivity (Wildman–Crippen MR) is 51.7 cm³/mol. The molecular weight excluding hydrogens is 298 g/mol. The van der Waals surface area contributed by atoms with Crippen molar-refractivity contribution >= 4 is 11.7 Å². The highest BCUT2D eigenvalue weighted by Crippen LogP contribution is 2.41. The molecule has 0 unspecified atom stereocenters. The minimum absolute atomic E-state index is 0.421. The number of halogens is 6. The van der Waals surface area contributed by atoms with E-state index in [2.05, 4.69) is 9.72 Å². The molecule has 0 saturated carbocycles. The Morgan fingerprint density at radius 2 is 1.85 bits per heavy atom. The number of nitrogens with zero attached hydrogens (tertiary/aromatic N) is 1. The molecule has 3 N–H and O–H groups in total. The summed E-state index contributed by atoms with van der Waals surface area (Å²) >= 11 is 0. The summed E-state index contributed by atoms with van der Waals surface area (Å²) in [6.07, 6.45) is -11.5. The molecule has 0 bridgehead atoms. The van der Waals surface area contributed by atoms with E-state index in [4.69, 9.17) is 10.8 Å². The molecule has 0 radical (unpaired) electrons.